The van der Waals surface area contributed by atoms with Crippen molar-refractivity contribution in [1.29, 1.82) is 0 Å². The molecule has 0 aromatic carbocycles. The van der Waals surface area contributed by atoms with Gasteiger partial charge in [-0.3, -0.25) is 14.4 Å². The number of hydrogen-bond acceptors (Lipinski definition) is 6. The van der Waals surface area contributed by atoms with E-state index in [4.69, 9.17) is 14.2 Å². The minimum atomic E-state index is -0.765. The SMILES string of the molecule is CCCCCCCCCC/C=C\CCCCCCCCCCCC(=O)OCC(COC(=O)CCCCCCCCCCCCCC)OC(=O)CCCCCCCCCCCCCCCCCCC. The molecule has 0 heterocycles. The summed E-state index contributed by atoms with van der Waals surface area (Å²) in [6.07, 6.45) is 66.4. The fourth-order valence-corrected chi connectivity index (χ4v) is 9.38. The van der Waals surface area contributed by atoms with Crippen LogP contribution in [0.5, 0.6) is 0 Å². The van der Waals surface area contributed by atoms with E-state index in [-0.39, 0.29) is 31.1 Å². The summed E-state index contributed by atoms with van der Waals surface area (Å²) < 4.78 is 16.9. The van der Waals surface area contributed by atoms with Gasteiger partial charge in [-0.25, -0.2) is 0 Å². The van der Waals surface area contributed by atoms with Gasteiger partial charge in [0.25, 0.3) is 0 Å². The largest absolute Gasteiger partial charge is 0.462 e. The molecule has 0 aliphatic carbocycles. The van der Waals surface area contributed by atoms with Crippen LogP contribution in [0.1, 0.15) is 348 Å². The normalized spacial score (nSPS) is 12.0. The molecule has 0 aromatic heterocycles. The summed E-state index contributed by atoms with van der Waals surface area (Å²) in [5, 5.41) is 0. The van der Waals surface area contributed by atoms with Crippen LogP contribution < -0.4 is 0 Å². The summed E-state index contributed by atoms with van der Waals surface area (Å²) in [7, 11) is 0. The van der Waals surface area contributed by atoms with Crippen molar-refractivity contribution in [2.75, 3.05) is 13.2 Å². The van der Waals surface area contributed by atoms with Gasteiger partial charge in [0.05, 0.1) is 0 Å². The molecule has 402 valence electrons. The van der Waals surface area contributed by atoms with Gasteiger partial charge in [0.1, 0.15) is 13.2 Å². The van der Waals surface area contributed by atoms with E-state index < -0.39 is 6.10 Å². The van der Waals surface area contributed by atoms with Crippen LogP contribution in [0.4, 0.5) is 0 Å². The number of carbonyl (C=O) groups is 3. The van der Waals surface area contributed by atoms with Crippen molar-refractivity contribution in [2.45, 2.75) is 354 Å². The Hall–Kier alpha value is -1.85. The second-order valence-corrected chi connectivity index (χ2v) is 21.0. The molecule has 0 bridgehead atoms. The predicted molar refractivity (Wildman–Crippen MR) is 293 cm³/mol. The van der Waals surface area contributed by atoms with Crippen LogP contribution in [-0.4, -0.2) is 37.2 Å². The third kappa shape index (κ3) is 55.1. The summed E-state index contributed by atoms with van der Waals surface area (Å²) in [4.78, 5) is 38.2. The average Bonchev–Trinajstić information content (AvgIpc) is 3.34. The molecule has 0 rings (SSSR count). The van der Waals surface area contributed by atoms with Gasteiger partial charge >= 0.3 is 17.9 Å². The predicted octanol–water partition coefficient (Wildman–Crippen LogP) is 20.5. The number of rotatable bonds is 57. The lowest BCUT2D eigenvalue weighted by atomic mass is 10.0. The topological polar surface area (TPSA) is 78.9 Å². The minimum Gasteiger partial charge on any atom is -0.462 e. The fraction of sp³-hybridized carbons (Fsp3) is 0.919. The zero-order chi connectivity index (χ0) is 49.3. The Kier molecular flexibility index (Phi) is 56.2. The van der Waals surface area contributed by atoms with Gasteiger partial charge in [0.15, 0.2) is 6.10 Å². The highest BCUT2D eigenvalue weighted by Gasteiger charge is 2.19. The second-order valence-electron chi connectivity index (χ2n) is 21.0. The van der Waals surface area contributed by atoms with Gasteiger partial charge in [-0.1, -0.05) is 296 Å². The lowest BCUT2D eigenvalue weighted by molar-refractivity contribution is -0.167. The Morgan fingerprint density at radius 3 is 0.735 bits per heavy atom. The fourth-order valence-electron chi connectivity index (χ4n) is 9.38. The molecule has 0 N–H and O–H groups in total. The number of esters is 3. The molecule has 0 aliphatic heterocycles. The van der Waals surface area contributed by atoms with E-state index in [9.17, 15) is 14.4 Å². The molecular weight excluding hydrogens is 841 g/mol. The summed E-state index contributed by atoms with van der Waals surface area (Å²) in [6.45, 7) is 6.70. The molecule has 68 heavy (non-hydrogen) atoms. The number of ether oxygens (including phenoxy) is 3. The van der Waals surface area contributed by atoms with Crippen LogP contribution in [0.25, 0.3) is 0 Å². The Morgan fingerprint density at radius 2 is 0.485 bits per heavy atom. The molecule has 0 radical (unpaired) electrons. The smallest absolute Gasteiger partial charge is 0.306 e. The molecule has 0 aliphatic rings. The monoisotopic (exact) mass is 959 g/mol. The molecule has 1 atom stereocenters. The maximum atomic E-state index is 12.9. The molecule has 0 amide bonds. The highest BCUT2D eigenvalue weighted by atomic mass is 16.6. The molecule has 0 saturated heterocycles. The summed E-state index contributed by atoms with van der Waals surface area (Å²) >= 11 is 0. The lowest BCUT2D eigenvalue weighted by Crippen LogP contribution is -2.30. The average molecular weight is 960 g/mol. The Labute approximate surface area is 424 Å². The third-order valence-electron chi connectivity index (χ3n) is 14.0. The van der Waals surface area contributed by atoms with Gasteiger partial charge in [-0.15, -0.1) is 0 Å². The molecule has 6 nitrogen and oxygen atoms in total. The summed E-state index contributed by atoms with van der Waals surface area (Å²) in [5.41, 5.74) is 0. The van der Waals surface area contributed by atoms with Crippen molar-refractivity contribution in [1.82, 2.24) is 0 Å². The van der Waals surface area contributed by atoms with Crippen LogP contribution >= 0.6 is 0 Å². The number of allylic oxidation sites excluding steroid dienone is 2. The minimum absolute atomic E-state index is 0.0643. The van der Waals surface area contributed by atoms with Crippen LogP contribution in [0, 0.1) is 0 Å². The van der Waals surface area contributed by atoms with E-state index in [2.05, 4.69) is 32.9 Å². The van der Waals surface area contributed by atoms with E-state index >= 15 is 0 Å². The van der Waals surface area contributed by atoms with Crippen molar-refractivity contribution in [3.8, 4) is 0 Å². The molecule has 0 fully saturated rings. The van der Waals surface area contributed by atoms with Crippen LogP contribution in [0.3, 0.4) is 0 Å². The van der Waals surface area contributed by atoms with Crippen molar-refractivity contribution >= 4 is 17.9 Å². The van der Waals surface area contributed by atoms with Gasteiger partial charge in [-0.05, 0) is 44.9 Å². The van der Waals surface area contributed by atoms with Crippen LogP contribution in [0.2, 0.25) is 0 Å². The van der Waals surface area contributed by atoms with Crippen LogP contribution in [-0.2, 0) is 28.6 Å². The molecule has 1 unspecified atom stereocenters. The Balaban J connectivity index is 4.26. The summed E-state index contributed by atoms with van der Waals surface area (Å²) in [6, 6.07) is 0. The first-order chi connectivity index (χ1) is 33.5. The van der Waals surface area contributed by atoms with Crippen molar-refractivity contribution in [2.24, 2.45) is 0 Å². The maximum Gasteiger partial charge on any atom is 0.306 e. The van der Waals surface area contributed by atoms with Gasteiger partial charge in [0.2, 0.25) is 0 Å². The van der Waals surface area contributed by atoms with Gasteiger partial charge < -0.3 is 14.2 Å². The summed E-state index contributed by atoms with van der Waals surface area (Å²) in [5.74, 6) is -0.839. The molecule has 6 heteroatoms. The van der Waals surface area contributed by atoms with Crippen LogP contribution in [0.15, 0.2) is 12.2 Å². The first kappa shape index (κ1) is 66.2. The quantitative estimate of drug-likeness (QED) is 0.0262. The standard InChI is InChI=1S/C62H118O6/c1-4-7-10-13-16-19-22-25-27-29-30-31-32-34-35-37-40-43-46-49-52-55-61(64)67-58-59(57-66-60(63)54-51-48-45-42-39-24-21-18-15-12-9-6-3)68-62(65)56-53-50-47-44-41-38-36-33-28-26-23-20-17-14-11-8-5-2/h29-30,59H,4-28,31-58H2,1-3H3/b30-29-. The van der Waals surface area contributed by atoms with Gasteiger partial charge in [0, 0.05) is 19.3 Å². The number of carbonyl (C=O) groups excluding carboxylic acids is 3. The first-order valence-corrected chi connectivity index (χ1v) is 30.7. The van der Waals surface area contributed by atoms with Crippen molar-refractivity contribution in [3.05, 3.63) is 12.2 Å². The highest BCUT2D eigenvalue weighted by molar-refractivity contribution is 5.71. The van der Waals surface area contributed by atoms with E-state index in [1.165, 1.54) is 250 Å². The molecular formula is C62H118O6. The Morgan fingerprint density at radius 1 is 0.279 bits per heavy atom. The Bertz CT molecular complexity index is 1060. The first-order valence-electron chi connectivity index (χ1n) is 30.7. The maximum absolute atomic E-state index is 12.9. The number of hydrogen-bond donors (Lipinski definition) is 0. The second kappa shape index (κ2) is 57.7. The zero-order valence-electron chi connectivity index (χ0n) is 46.2. The van der Waals surface area contributed by atoms with E-state index in [0.717, 1.165) is 57.8 Å². The lowest BCUT2D eigenvalue weighted by Gasteiger charge is -2.18. The van der Waals surface area contributed by atoms with Crippen molar-refractivity contribution in [3.63, 3.8) is 0 Å². The molecule has 0 aromatic rings. The van der Waals surface area contributed by atoms with E-state index in [1.54, 1.807) is 0 Å². The van der Waals surface area contributed by atoms with E-state index in [1.807, 2.05) is 0 Å². The van der Waals surface area contributed by atoms with Crippen molar-refractivity contribution < 1.29 is 28.6 Å². The highest BCUT2D eigenvalue weighted by Crippen LogP contribution is 2.18. The number of unbranched alkanes of at least 4 members (excludes halogenated alkanes) is 44. The molecule has 0 spiro atoms. The van der Waals surface area contributed by atoms with Gasteiger partial charge in [-0.2, -0.15) is 0 Å². The third-order valence-corrected chi connectivity index (χ3v) is 14.0. The van der Waals surface area contributed by atoms with E-state index in [0.29, 0.717) is 19.3 Å². The zero-order valence-corrected chi connectivity index (χ0v) is 46.2. The molecule has 0 saturated carbocycles.